The number of carbonyl (C=O) groups excluding carboxylic acids is 1. The van der Waals surface area contributed by atoms with Crippen LogP contribution in [0.5, 0.6) is 0 Å². The van der Waals surface area contributed by atoms with Crippen LogP contribution in [0.1, 0.15) is 54.0 Å². The molecule has 0 atom stereocenters. The van der Waals surface area contributed by atoms with E-state index in [4.69, 9.17) is 4.98 Å². The van der Waals surface area contributed by atoms with Crippen LogP contribution in [0, 0.1) is 6.92 Å². The number of amides is 1. The lowest BCUT2D eigenvalue weighted by atomic mass is 9.98. The fraction of sp³-hybridized carbons (Fsp3) is 0.400. The first-order valence-electron chi connectivity index (χ1n) is 11.1. The highest BCUT2D eigenvalue weighted by Gasteiger charge is 2.22. The first kappa shape index (κ1) is 21.9. The molecule has 7 heteroatoms. The van der Waals surface area contributed by atoms with E-state index < -0.39 is 5.97 Å². The molecule has 1 N–H and O–H groups in total. The minimum absolute atomic E-state index is 0.100. The van der Waals surface area contributed by atoms with E-state index in [9.17, 15) is 14.7 Å². The van der Waals surface area contributed by atoms with Gasteiger partial charge >= 0.3 is 5.97 Å². The number of anilines is 1. The quantitative estimate of drug-likeness (QED) is 0.659. The van der Waals surface area contributed by atoms with Crippen LogP contribution < -0.4 is 4.90 Å². The number of carboxylic acids is 1. The Kier molecular flexibility index (Phi) is 5.91. The maximum atomic E-state index is 12.1. The third-order valence-corrected chi connectivity index (χ3v) is 6.17. The molecular weight excluding hydrogens is 404 g/mol. The Labute approximate surface area is 188 Å². The summed E-state index contributed by atoms with van der Waals surface area (Å²) in [6.07, 6.45) is 0. The summed E-state index contributed by atoms with van der Waals surface area (Å²) < 4.78 is 1.88. The van der Waals surface area contributed by atoms with E-state index in [0.29, 0.717) is 19.6 Å². The Balaban J connectivity index is 1.70. The monoisotopic (exact) mass is 434 g/mol. The molecule has 1 aromatic carbocycles. The predicted octanol–water partition coefficient (Wildman–Crippen LogP) is 3.88. The van der Waals surface area contributed by atoms with Crippen molar-refractivity contribution < 1.29 is 14.7 Å². The van der Waals surface area contributed by atoms with Crippen molar-refractivity contribution in [1.82, 2.24) is 14.5 Å². The molecule has 1 amide bonds. The molecule has 168 valence electrons. The standard InChI is InChI=1S/C25H30N4O3/c1-16(2)21-13-17(3)12-19-14-22(25(31)32)29(24(19)21)15-20-6-5-7-23(26-20)28-10-8-27(9-11-28)18(4)30/h5-7,12-14,16H,8-11,15H2,1-4H3,(H,31,32). The van der Waals surface area contributed by atoms with Gasteiger partial charge in [0.15, 0.2) is 0 Å². The topological polar surface area (TPSA) is 78.7 Å². The van der Waals surface area contributed by atoms with Gasteiger partial charge in [0, 0.05) is 38.5 Å². The zero-order valence-corrected chi connectivity index (χ0v) is 19.1. The second kappa shape index (κ2) is 8.65. The van der Waals surface area contributed by atoms with E-state index in [1.54, 1.807) is 13.0 Å². The molecule has 2 aromatic heterocycles. The number of aromatic carboxylic acids is 1. The average Bonchev–Trinajstić information content (AvgIpc) is 3.11. The summed E-state index contributed by atoms with van der Waals surface area (Å²) in [5.41, 5.74) is 4.32. The molecule has 4 rings (SSSR count). The highest BCUT2D eigenvalue weighted by atomic mass is 16.4. The highest BCUT2D eigenvalue weighted by molar-refractivity contribution is 5.96. The average molecular weight is 435 g/mol. The normalized spacial score (nSPS) is 14.4. The fourth-order valence-corrected chi connectivity index (χ4v) is 4.53. The number of aromatic nitrogens is 2. The minimum Gasteiger partial charge on any atom is -0.477 e. The summed E-state index contributed by atoms with van der Waals surface area (Å²) in [4.78, 5) is 32.5. The third kappa shape index (κ3) is 4.20. The van der Waals surface area contributed by atoms with Crippen LogP contribution in [0.2, 0.25) is 0 Å². The number of aryl methyl sites for hydroxylation is 1. The van der Waals surface area contributed by atoms with Crippen LogP contribution in [0.25, 0.3) is 10.9 Å². The molecule has 3 aromatic rings. The fourth-order valence-electron chi connectivity index (χ4n) is 4.53. The molecule has 0 saturated carbocycles. The molecule has 0 aliphatic carbocycles. The number of carboxylic acid groups (broad SMARTS) is 1. The van der Waals surface area contributed by atoms with Crippen molar-refractivity contribution in [2.24, 2.45) is 0 Å². The molecule has 0 spiro atoms. The number of hydrogen-bond donors (Lipinski definition) is 1. The van der Waals surface area contributed by atoms with E-state index in [0.717, 1.165) is 46.6 Å². The van der Waals surface area contributed by atoms with Gasteiger partial charge in [-0.1, -0.05) is 31.5 Å². The predicted molar refractivity (Wildman–Crippen MR) is 126 cm³/mol. The number of hydrogen-bond acceptors (Lipinski definition) is 4. The van der Waals surface area contributed by atoms with Crippen LogP contribution >= 0.6 is 0 Å². The van der Waals surface area contributed by atoms with Gasteiger partial charge in [-0.05, 0) is 42.7 Å². The van der Waals surface area contributed by atoms with Crippen molar-refractivity contribution in [3.05, 3.63) is 58.9 Å². The molecule has 1 fully saturated rings. The van der Waals surface area contributed by atoms with Crippen LogP contribution in [-0.4, -0.2) is 57.6 Å². The SMILES string of the molecule is CC(=O)N1CCN(c2cccc(Cn3c(C(=O)O)cc4cc(C)cc(C(C)C)c43)n2)CC1. The summed E-state index contributed by atoms with van der Waals surface area (Å²) in [5, 5.41) is 10.8. The molecule has 1 aliphatic heterocycles. The number of benzene rings is 1. The van der Waals surface area contributed by atoms with E-state index in [1.165, 1.54) is 0 Å². The van der Waals surface area contributed by atoms with Crippen LogP contribution in [-0.2, 0) is 11.3 Å². The second-order valence-corrected chi connectivity index (χ2v) is 8.85. The molecule has 0 unspecified atom stereocenters. The van der Waals surface area contributed by atoms with Crippen molar-refractivity contribution >= 4 is 28.6 Å². The Bertz CT molecular complexity index is 1170. The van der Waals surface area contributed by atoms with Gasteiger partial charge < -0.3 is 19.5 Å². The lowest BCUT2D eigenvalue weighted by molar-refractivity contribution is -0.129. The van der Waals surface area contributed by atoms with Crippen molar-refractivity contribution in [1.29, 1.82) is 0 Å². The lowest BCUT2D eigenvalue weighted by Gasteiger charge is -2.35. The third-order valence-electron chi connectivity index (χ3n) is 6.17. The van der Waals surface area contributed by atoms with Gasteiger partial charge in [-0.2, -0.15) is 0 Å². The van der Waals surface area contributed by atoms with Gasteiger partial charge in [0.25, 0.3) is 0 Å². The van der Waals surface area contributed by atoms with Gasteiger partial charge in [0.2, 0.25) is 5.91 Å². The number of nitrogens with zero attached hydrogens (tertiary/aromatic N) is 4. The van der Waals surface area contributed by atoms with Gasteiger partial charge in [-0.15, -0.1) is 0 Å². The van der Waals surface area contributed by atoms with Gasteiger partial charge in [-0.25, -0.2) is 9.78 Å². The van der Waals surface area contributed by atoms with E-state index in [-0.39, 0.29) is 17.5 Å². The highest BCUT2D eigenvalue weighted by Crippen LogP contribution is 2.31. The first-order valence-corrected chi connectivity index (χ1v) is 11.1. The smallest absolute Gasteiger partial charge is 0.352 e. The van der Waals surface area contributed by atoms with Crippen LogP contribution in [0.4, 0.5) is 5.82 Å². The summed E-state index contributed by atoms with van der Waals surface area (Å²) in [6, 6.07) is 11.8. The Hall–Kier alpha value is -3.35. The molecule has 0 radical (unpaired) electrons. The van der Waals surface area contributed by atoms with E-state index in [2.05, 4.69) is 24.8 Å². The maximum absolute atomic E-state index is 12.1. The van der Waals surface area contributed by atoms with Gasteiger partial charge in [-0.3, -0.25) is 4.79 Å². The molecular formula is C25H30N4O3. The summed E-state index contributed by atoms with van der Waals surface area (Å²) in [5.74, 6) is 0.289. The largest absolute Gasteiger partial charge is 0.477 e. The lowest BCUT2D eigenvalue weighted by Crippen LogP contribution is -2.48. The number of pyridine rings is 1. The number of carbonyl (C=O) groups is 2. The van der Waals surface area contributed by atoms with Crippen molar-refractivity contribution in [3.63, 3.8) is 0 Å². The second-order valence-electron chi connectivity index (χ2n) is 8.85. The summed E-state index contributed by atoms with van der Waals surface area (Å²) in [7, 11) is 0. The molecule has 7 nitrogen and oxygen atoms in total. The Morgan fingerprint density at radius 3 is 2.44 bits per heavy atom. The zero-order chi connectivity index (χ0) is 23.0. The summed E-state index contributed by atoms with van der Waals surface area (Å²) >= 11 is 0. The molecule has 32 heavy (non-hydrogen) atoms. The zero-order valence-electron chi connectivity index (χ0n) is 19.1. The molecule has 1 aliphatic rings. The Morgan fingerprint density at radius 2 is 1.81 bits per heavy atom. The van der Waals surface area contributed by atoms with Crippen molar-refractivity contribution in [2.45, 2.75) is 40.2 Å². The van der Waals surface area contributed by atoms with E-state index in [1.807, 2.05) is 40.7 Å². The number of rotatable bonds is 5. The minimum atomic E-state index is -0.940. The maximum Gasteiger partial charge on any atom is 0.352 e. The summed E-state index contributed by atoms with van der Waals surface area (Å²) in [6.45, 7) is 11.1. The molecule has 0 bridgehead atoms. The number of piperazine rings is 1. The van der Waals surface area contributed by atoms with Crippen LogP contribution in [0.3, 0.4) is 0 Å². The molecule has 3 heterocycles. The van der Waals surface area contributed by atoms with Crippen molar-refractivity contribution in [3.8, 4) is 0 Å². The van der Waals surface area contributed by atoms with Gasteiger partial charge in [0.1, 0.15) is 11.5 Å². The molecule has 1 saturated heterocycles. The Morgan fingerprint density at radius 1 is 1.09 bits per heavy atom. The van der Waals surface area contributed by atoms with Crippen LogP contribution in [0.15, 0.2) is 36.4 Å². The van der Waals surface area contributed by atoms with E-state index >= 15 is 0 Å². The van der Waals surface area contributed by atoms with Gasteiger partial charge in [0.05, 0.1) is 17.8 Å². The number of fused-ring (bicyclic) bond motifs is 1. The van der Waals surface area contributed by atoms with Crippen molar-refractivity contribution in [2.75, 3.05) is 31.1 Å². The first-order chi connectivity index (χ1) is 15.2.